The number of amides is 1. The molecule has 0 bridgehead atoms. The van der Waals surface area contributed by atoms with Gasteiger partial charge in [-0.05, 0) is 12.5 Å². The number of nitrogens with two attached hydrogens (primary N) is 1. The van der Waals surface area contributed by atoms with Gasteiger partial charge in [-0.3, -0.25) is 9.69 Å². The lowest BCUT2D eigenvalue weighted by molar-refractivity contribution is -0.123. The predicted molar refractivity (Wildman–Crippen MR) is 80.9 cm³/mol. The summed E-state index contributed by atoms with van der Waals surface area (Å²) in [4.78, 5) is 13.1. The zero-order chi connectivity index (χ0) is 15.5. The summed E-state index contributed by atoms with van der Waals surface area (Å²) in [6.07, 6.45) is 0. The number of sulfonamides is 1. The van der Waals surface area contributed by atoms with Crippen LogP contribution in [0.5, 0.6) is 0 Å². The van der Waals surface area contributed by atoms with Crippen LogP contribution in [0, 0.1) is 0 Å². The molecule has 1 saturated heterocycles. The van der Waals surface area contributed by atoms with Gasteiger partial charge in [0.2, 0.25) is 15.9 Å². The Morgan fingerprint density at radius 1 is 1.19 bits per heavy atom. The molecule has 2 rings (SSSR count). The molecular formula is C14H21N3O3S. The van der Waals surface area contributed by atoms with Crippen LogP contribution in [0.2, 0.25) is 0 Å². The molecular weight excluding hydrogens is 290 g/mol. The van der Waals surface area contributed by atoms with Crippen LogP contribution in [0.4, 0.5) is 0 Å². The Morgan fingerprint density at radius 3 is 2.29 bits per heavy atom. The van der Waals surface area contributed by atoms with E-state index in [1.165, 1.54) is 4.31 Å². The van der Waals surface area contributed by atoms with Gasteiger partial charge in [-0.1, -0.05) is 30.3 Å². The maximum atomic E-state index is 12.4. The SMILES string of the molecule is CC(C(N)=O)N1CCN(S(=O)(=O)Cc2ccccc2)CC1. The zero-order valence-electron chi connectivity index (χ0n) is 12.1. The second-order valence-corrected chi connectivity index (χ2v) is 7.22. The van der Waals surface area contributed by atoms with Gasteiger partial charge in [0.1, 0.15) is 0 Å². The smallest absolute Gasteiger partial charge is 0.234 e. The van der Waals surface area contributed by atoms with Crippen molar-refractivity contribution in [3.05, 3.63) is 35.9 Å². The number of primary amides is 1. The highest BCUT2D eigenvalue weighted by Crippen LogP contribution is 2.14. The van der Waals surface area contributed by atoms with Crippen molar-refractivity contribution in [1.82, 2.24) is 9.21 Å². The van der Waals surface area contributed by atoms with Crippen molar-refractivity contribution >= 4 is 15.9 Å². The van der Waals surface area contributed by atoms with E-state index in [1.807, 2.05) is 35.2 Å². The van der Waals surface area contributed by atoms with Crippen molar-refractivity contribution in [2.24, 2.45) is 5.73 Å². The number of hydrogen-bond acceptors (Lipinski definition) is 4. The molecule has 1 atom stereocenters. The maximum Gasteiger partial charge on any atom is 0.234 e. The van der Waals surface area contributed by atoms with E-state index in [0.29, 0.717) is 26.2 Å². The molecule has 0 aromatic heterocycles. The first-order valence-corrected chi connectivity index (χ1v) is 8.56. The lowest BCUT2D eigenvalue weighted by atomic mass is 10.2. The highest BCUT2D eigenvalue weighted by atomic mass is 32.2. The van der Waals surface area contributed by atoms with Gasteiger partial charge in [-0.15, -0.1) is 0 Å². The molecule has 7 heteroatoms. The summed E-state index contributed by atoms with van der Waals surface area (Å²) in [5.41, 5.74) is 6.06. The van der Waals surface area contributed by atoms with Crippen LogP contribution in [-0.4, -0.2) is 55.8 Å². The normalized spacial score (nSPS) is 19.3. The maximum absolute atomic E-state index is 12.4. The van der Waals surface area contributed by atoms with Crippen molar-refractivity contribution < 1.29 is 13.2 Å². The molecule has 1 aromatic carbocycles. The standard InChI is InChI=1S/C14H21N3O3S/c1-12(14(15)18)16-7-9-17(10-8-16)21(19,20)11-13-5-3-2-4-6-13/h2-6,12H,7-11H2,1H3,(H2,15,18). The molecule has 1 heterocycles. The van der Waals surface area contributed by atoms with E-state index in [0.717, 1.165) is 5.56 Å². The Kier molecular flexibility index (Phi) is 4.97. The van der Waals surface area contributed by atoms with Gasteiger partial charge in [0, 0.05) is 26.2 Å². The van der Waals surface area contributed by atoms with Crippen LogP contribution in [0.1, 0.15) is 12.5 Å². The number of benzene rings is 1. The summed E-state index contributed by atoms with van der Waals surface area (Å²) in [6, 6.07) is 8.78. The number of hydrogen-bond donors (Lipinski definition) is 1. The fraction of sp³-hybridized carbons (Fsp3) is 0.500. The molecule has 0 aliphatic carbocycles. The summed E-state index contributed by atoms with van der Waals surface area (Å²) < 4.78 is 26.3. The average Bonchev–Trinajstić information content (AvgIpc) is 2.47. The van der Waals surface area contributed by atoms with Crippen LogP contribution in [0.25, 0.3) is 0 Å². The van der Waals surface area contributed by atoms with Gasteiger partial charge in [-0.25, -0.2) is 8.42 Å². The van der Waals surface area contributed by atoms with Crippen molar-refractivity contribution in [2.75, 3.05) is 26.2 Å². The van der Waals surface area contributed by atoms with E-state index >= 15 is 0 Å². The van der Waals surface area contributed by atoms with Gasteiger partial charge in [0.05, 0.1) is 11.8 Å². The van der Waals surface area contributed by atoms with E-state index in [1.54, 1.807) is 6.92 Å². The van der Waals surface area contributed by atoms with E-state index in [4.69, 9.17) is 5.73 Å². The topological polar surface area (TPSA) is 83.7 Å². The van der Waals surface area contributed by atoms with Gasteiger partial charge < -0.3 is 5.73 Å². The largest absolute Gasteiger partial charge is 0.368 e. The lowest BCUT2D eigenvalue weighted by Crippen LogP contribution is -2.54. The number of piperazine rings is 1. The van der Waals surface area contributed by atoms with Gasteiger partial charge in [0.15, 0.2) is 0 Å². The lowest BCUT2D eigenvalue weighted by Gasteiger charge is -2.36. The highest BCUT2D eigenvalue weighted by Gasteiger charge is 2.30. The first kappa shape index (κ1) is 15.9. The molecule has 116 valence electrons. The van der Waals surface area contributed by atoms with Gasteiger partial charge in [-0.2, -0.15) is 4.31 Å². The number of carbonyl (C=O) groups is 1. The third-order valence-electron chi connectivity index (χ3n) is 3.82. The molecule has 1 fully saturated rings. The van der Waals surface area contributed by atoms with E-state index < -0.39 is 10.0 Å². The summed E-state index contributed by atoms with van der Waals surface area (Å²) in [6.45, 7) is 3.59. The summed E-state index contributed by atoms with van der Waals surface area (Å²) in [7, 11) is -3.32. The van der Waals surface area contributed by atoms with Crippen molar-refractivity contribution in [3.63, 3.8) is 0 Å². The third-order valence-corrected chi connectivity index (χ3v) is 5.67. The molecule has 1 unspecified atom stereocenters. The molecule has 1 amide bonds. The minimum Gasteiger partial charge on any atom is -0.368 e. The number of rotatable bonds is 5. The van der Waals surface area contributed by atoms with Crippen LogP contribution < -0.4 is 5.73 Å². The molecule has 6 nitrogen and oxygen atoms in total. The number of nitrogens with zero attached hydrogens (tertiary/aromatic N) is 2. The van der Waals surface area contributed by atoms with Gasteiger partial charge in [0.25, 0.3) is 0 Å². The van der Waals surface area contributed by atoms with Crippen LogP contribution in [0.15, 0.2) is 30.3 Å². The molecule has 1 aliphatic rings. The van der Waals surface area contributed by atoms with Gasteiger partial charge >= 0.3 is 0 Å². The van der Waals surface area contributed by atoms with Crippen molar-refractivity contribution in [1.29, 1.82) is 0 Å². The number of carbonyl (C=O) groups excluding carboxylic acids is 1. The second-order valence-electron chi connectivity index (χ2n) is 5.26. The Bertz CT molecular complexity index is 581. The van der Waals surface area contributed by atoms with Crippen LogP contribution >= 0.6 is 0 Å². The first-order valence-electron chi connectivity index (χ1n) is 6.95. The second kappa shape index (κ2) is 6.55. The Labute approximate surface area is 125 Å². The summed E-state index contributed by atoms with van der Waals surface area (Å²) >= 11 is 0. The predicted octanol–water partition coefficient (Wildman–Crippen LogP) is 0.00780. The molecule has 1 aliphatic heterocycles. The molecule has 0 saturated carbocycles. The summed E-state index contributed by atoms with van der Waals surface area (Å²) in [5, 5.41) is 0. The minimum atomic E-state index is -3.32. The fourth-order valence-corrected chi connectivity index (χ4v) is 3.94. The van der Waals surface area contributed by atoms with Crippen molar-refractivity contribution in [3.8, 4) is 0 Å². The fourth-order valence-electron chi connectivity index (χ4n) is 2.43. The molecule has 0 spiro atoms. The monoisotopic (exact) mass is 311 g/mol. The quantitative estimate of drug-likeness (QED) is 0.830. The Morgan fingerprint density at radius 2 is 1.76 bits per heavy atom. The summed E-state index contributed by atoms with van der Waals surface area (Å²) in [5.74, 6) is -0.366. The first-order chi connectivity index (χ1) is 9.90. The van der Waals surface area contributed by atoms with Crippen LogP contribution in [0.3, 0.4) is 0 Å². The molecule has 2 N–H and O–H groups in total. The molecule has 21 heavy (non-hydrogen) atoms. The minimum absolute atomic E-state index is 0.0131. The zero-order valence-corrected chi connectivity index (χ0v) is 12.9. The Hall–Kier alpha value is -1.44. The van der Waals surface area contributed by atoms with E-state index in [2.05, 4.69) is 0 Å². The Balaban J connectivity index is 1.96. The third kappa shape index (κ3) is 4.03. The van der Waals surface area contributed by atoms with Crippen molar-refractivity contribution in [2.45, 2.75) is 18.7 Å². The van der Waals surface area contributed by atoms with E-state index in [-0.39, 0.29) is 17.7 Å². The van der Waals surface area contributed by atoms with E-state index in [9.17, 15) is 13.2 Å². The average molecular weight is 311 g/mol. The molecule has 1 aromatic rings. The molecule has 0 radical (unpaired) electrons. The van der Waals surface area contributed by atoms with Crippen LogP contribution in [-0.2, 0) is 20.6 Å². The highest BCUT2D eigenvalue weighted by molar-refractivity contribution is 7.88.